The van der Waals surface area contributed by atoms with Gasteiger partial charge in [0.05, 0.1) is 13.2 Å². The lowest BCUT2D eigenvalue weighted by molar-refractivity contribution is -0.230. The molecular formula is C20H38O2. The van der Waals surface area contributed by atoms with Gasteiger partial charge in [-0.15, -0.1) is 0 Å². The Hall–Kier alpha value is -0.0800. The van der Waals surface area contributed by atoms with Gasteiger partial charge in [-0.05, 0) is 38.0 Å². The molecule has 0 spiro atoms. The van der Waals surface area contributed by atoms with E-state index >= 15 is 0 Å². The van der Waals surface area contributed by atoms with Crippen molar-refractivity contribution in [3.05, 3.63) is 0 Å². The van der Waals surface area contributed by atoms with E-state index in [9.17, 15) is 0 Å². The van der Waals surface area contributed by atoms with Crippen molar-refractivity contribution in [2.24, 2.45) is 17.8 Å². The topological polar surface area (TPSA) is 18.5 Å². The third-order valence-electron chi connectivity index (χ3n) is 5.68. The standard InChI is InChI=1S/C20H38O2/c1-3-5-6-7-8-10-17-11-13-19(14-12-17)20-21-15-18(9-4-2)16-22-20/h17-20H,3-16H2,1-2H3. The molecule has 2 aliphatic rings. The lowest BCUT2D eigenvalue weighted by Crippen LogP contribution is -2.38. The van der Waals surface area contributed by atoms with Crippen LogP contribution in [0.25, 0.3) is 0 Å². The van der Waals surface area contributed by atoms with Crippen molar-refractivity contribution in [1.82, 2.24) is 0 Å². The zero-order valence-electron chi connectivity index (χ0n) is 15.0. The minimum Gasteiger partial charge on any atom is -0.352 e. The molecule has 0 radical (unpaired) electrons. The largest absolute Gasteiger partial charge is 0.352 e. The first-order valence-electron chi connectivity index (χ1n) is 10.1. The van der Waals surface area contributed by atoms with E-state index in [2.05, 4.69) is 13.8 Å². The van der Waals surface area contributed by atoms with Crippen LogP contribution in [0.1, 0.15) is 90.9 Å². The van der Waals surface area contributed by atoms with Crippen LogP contribution >= 0.6 is 0 Å². The molecule has 1 aliphatic heterocycles. The summed E-state index contributed by atoms with van der Waals surface area (Å²) < 4.78 is 12.0. The molecule has 2 heteroatoms. The Labute approximate surface area is 138 Å². The molecule has 0 unspecified atom stereocenters. The van der Waals surface area contributed by atoms with Gasteiger partial charge in [0, 0.05) is 11.8 Å². The molecule has 2 rings (SSSR count). The Bertz CT molecular complexity index is 263. The second-order valence-electron chi connectivity index (χ2n) is 7.67. The maximum Gasteiger partial charge on any atom is 0.160 e. The molecule has 0 N–H and O–H groups in total. The van der Waals surface area contributed by atoms with Crippen molar-refractivity contribution in [3.8, 4) is 0 Å². The zero-order valence-corrected chi connectivity index (χ0v) is 15.0. The van der Waals surface area contributed by atoms with Crippen LogP contribution in [-0.4, -0.2) is 19.5 Å². The van der Waals surface area contributed by atoms with Crippen molar-refractivity contribution in [2.45, 2.75) is 97.2 Å². The smallest absolute Gasteiger partial charge is 0.160 e. The monoisotopic (exact) mass is 310 g/mol. The number of rotatable bonds is 9. The molecule has 2 nitrogen and oxygen atoms in total. The highest BCUT2D eigenvalue weighted by molar-refractivity contribution is 4.77. The molecule has 1 saturated carbocycles. The Morgan fingerprint density at radius 1 is 0.682 bits per heavy atom. The lowest BCUT2D eigenvalue weighted by atomic mass is 9.79. The summed E-state index contributed by atoms with van der Waals surface area (Å²) in [5.74, 6) is 2.29. The normalized spacial score (nSPS) is 33.0. The van der Waals surface area contributed by atoms with E-state index in [1.807, 2.05) is 0 Å². The van der Waals surface area contributed by atoms with Crippen LogP contribution in [0.15, 0.2) is 0 Å². The lowest BCUT2D eigenvalue weighted by Gasteiger charge is -2.37. The Balaban J connectivity index is 1.55. The Morgan fingerprint density at radius 2 is 1.36 bits per heavy atom. The van der Waals surface area contributed by atoms with Gasteiger partial charge in [-0.25, -0.2) is 0 Å². The average Bonchev–Trinajstić information content (AvgIpc) is 2.56. The van der Waals surface area contributed by atoms with Gasteiger partial charge < -0.3 is 9.47 Å². The van der Waals surface area contributed by atoms with Gasteiger partial charge in [-0.2, -0.15) is 0 Å². The van der Waals surface area contributed by atoms with Crippen molar-refractivity contribution >= 4 is 0 Å². The predicted octanol–water partition coefficient (Wildman–Crippen LogP) is 5.94. The molecule has 0 atom stereocenters. The average molecular weight is 311 g/mol. The van der Waals surface area contributed by atoms with Gasteiger partial charge in [0.25, 0.3) is 0 Å². The van der Waals surface area contributed by atoms with Crippen LogP contribution < -0.4 is 0 Å². The van der Waals surface area contributed by atoms with Crippen molar-refractivity contribution in [1.29, 1.82) is 0 Å². The van der Waals surface area contributed by atoms with Crippen molar-refractivity contribution in [2.75, 3.05) is 13.2 Å². The van der Waals surface area contributed by atoms with E-state index in [0.717, 1.165) is 19.1 Å². The van der Waals surface area contributed by atoms with Gasteiger partial charge in [0.1, 0.15) is 0 Å². The van der Waals surface area contributed by atoms with E-state index in [-0.39, 0.29) is 6.29 Å². The summed E-state index contributed by atoms with van der Waals surface area (Å²) in [4.78, 5) is 0. The summed E-state index contributed by atoms with van der Waals surface area (Å²) in [6, 6.07) is 0. The van der Waals surface area contributed by atoms with Crippen LogP contribution in [0.4, 0.5) is 0 Å². The number of hydrogen-bond acceptors (Lipinski definition) is 2. The quantitative estimate of drug-likeness (QED) is 0.490. The molecule has 1 saturated heterocycles. The second kappa shape index (κ2) is 10.6. The highest BCUT2D eigenvalue weighted by Gasteiger charge is 2.32. The molecule has 0 amide bonds. The molecule has 0 aromatic rings. The van der Waals surface area contributed by atoms with Crippen LogP contribution in [0.5, 0.6) is 0 Å². The first-order chi connectivity index (χ1) is 10.8. The first-order valence-corrected chi connectivity index (χ1v) is 10.1. The fraction of sp³-hybridized carbons (Fsp3) is 1.00. The summed E-state index contributed by atoms with van der Waals surface area (Å²) in [5, 5.41) is 0. The maximum absolute atomic E-state index is 6.02. The molecule has 2 fully saturated rings. The zero-order chi connectivity index (χ0) is 15.6. The number of hydrogen-bond donors (Lipinski definition) is 0. The molecule has 0 aromatic heterocycles. The Morgan fingerprint density at radius 3 is 2.00 bits per heavy atom. The number of ether oxygens (including phenoxy) is 2. The van der Waals surface area contributed by atoms with Crippen LogP contribution in [0.3, 0.4) is 0 Å². The third-order valence-corrected chi connectivity index (χ3v) is 5.68. The van der Waals surface area contributed by atoms with Gasteiger partial charge in [0.15, 0.2) is 6.29 Å². The maximum atomic E-state index is 6.02. The molecular weight excluding hydrogens is 272 g/mol. The summed E-state index contributed by atoms with van der Waals surface area (Å²) in [6.45, 7) is 6.39. The summed E-state index contributed by atoms with van der Waals surface area (Å²) in [6.07, 6.45) is 16.6. The third kappa shape index (κ3) is 6.20. The summed E-state index contributed by atoms with van der Waals surface area (Å²) in [5.41, 5.74) is 0. The molecule has 1 aliphatic carbocycles. The van der Waals surface area contributed by atoms with Gasteiger partial charge in [-0.1, -0.05) is 58.8 Å². The molecule has 1 heterocycles. The van der Waals surface area contributed by atoms with Crippen molar-refractivity contribution in [3.63, 3.8) is 0 Å². The van der Waals surface area contributed by atoms with E-state index in [1.54, 1.807) is 0 Å². The molecule has 22 heavy (non-hydrogen) atoms. The van der Waals surface area contributed by atoms with Gasteiger partial charge in [-0.3, -0.25) is 0 Å². The second-order valence-corrected chi connectivity index (χ2v) is 7.67. The Kier molecular flexibility index (Phi) is 8.84. The highest BCUT2D eigenvalue weighted by atomic mass is 16.7. The SMILES string of the molecule is CCCCCCCC1CCC(C2OCC(CCC)CO2)CC1. The van der Waals surface area contributed by atoms with Gasteiger partial charge >= 0.3 is 0 Å². The number of unbranched alkanes of at least 4 members (excludes halogenated alkanes) is 4. The van der Waals surface area contributed by atoms with Gasteiger partial charge in [0.2, 0.25) is 0 Å². The van der Waals surface area contributed by atoms with Crippen molar-refractivity contribution < 1.29 is 9.47 Å². The minimum absolute atomic E-state index is 0.110. The van der Waals surface area contributed by atoms with E-state index in [0.29, 0.717) is 11.8 Å². The predicted molar refractivity (Wildman–Crippen MR) is 92.9 cm³/mol. The fourth-order valence-electron chi connectivity index (χ4n) is 4.19. The summed E-state index contributed by atoms with van der Waals surface area (Å²) in [7, 11) is 0. The van der Waals surface area contributed by atoms with Crippen LogP contribution in [-0.2, 0) is 9.47 Å². The van der Waals surface area contributed by atoms with E-state index in [1.165, 1.54) is 77.0 Å². The minimum atomic E-state index is 0.110. The van der Waals surface area contributed by atoms with Crippen LogP contribution in [0, 0.1) is 17.8 Å². The first kappa shape index (κ1) is 18.3. The molecule has 130 valence electrons. The van der Waals surface area contributed by atoms with E-state index in [4.69, 9.17) is 9.47 Å². The van der Waals surface area contributed by atoms with Crippen LogP contribution in [0.2, 0.25) is 0 Å². The van der Waals surface area contributed by atoms with E-state index < -0.39 is 0 Å². The highest BCUT2D eigenvalue weighted by Crippen LogP contribution is 2.36. The molecule has 0 bridgehead atoms. The molecule has 0 aromatic carbocycles. The summed E-state index contributed by atoms with van der Waals surface area (Å²) >= 11 is 0. The fourth-order valence-corrected chi connectivity index (χ4v) is 4.19.